The molecule has 4 rings (SSSR count). The zero-order valence-corrected chi connectivity index (χ0v) is 21.9. The van der Waals surface area contributed by atoms with Crippen LogP contribution >= 0.6 is 0 Å². The normalized spacial score (nSPS) is 15.4. The molecule has 0 aliphatic carbocycles. The van der Waals surface area contributed by atoms with Gasteiger partial charge in [-0.1, -0.05) is 26.0 Å². The summed E-state index contributed by atoms with van der Waals surface area (Å²) in [6.07, 6.45) is 5.74. The number of rotatable bonds is 12. The number of pyridine rings is 1. The molecule has 2 aromatic carbocycles. The van der Waals surface area contributed by atoms with Crippen LogP contribution in [0.2, 0.25) is 0 Å². The van der Waals surface area contributed by atoms with Gasteiger partial charge in [-0.3, -0.25) is 4.79 Å². The minimum absolute atomic E-state index is 0.0820. The number of halogens is 1. The van der Waals surface area contributed by atoms with Crippen LogP contribution in [0.25, 0.3) is 22.0 Å². The van der Waals surface area contributed by atoms with E-state index in [4.69, 9.17) is 23.8 Å². The number of fused-ring (bicyclic) bond motifs is 1. The summed E-state index contributed by atoms with van der Waals surface area (Å²) in [6, 6.07) is 9.48. The van der Waals surface area contributed by atoms with Crippen LogP contribution in [0.5, 0.6) is 11.5 Å². The first-order chi connectivity index (χ1) is 18.5. The topological polar surface area (TPSA) is 85.2 Å². The Morgan fingerprint density at radius 1 is 1.03 bits per heavy atom. The standard InChI is InChI=1S/C29H34FNO7/c1-3-7-25(32)38-31-19-22(29(33)27-23(30)13-14-24(28(27)31)35-15-4-2)20-9-11-21(12-10-20)34-17-18-37-26-8-5-6-16-36-26/h9-14,19,26H,3-8,15-18H2,1-2H3. The van der Waals surface area contributed by atoms with Gasteiger partial charge in [-0.05, 0) is 61.9 Å². The van der Waals surface area contributed by atoms with E-state index in [0.717, 1.165) is 30.6 Å². The summed E-state index contributed by atoms with van der Waals surface area (Å²) in [5.41, 5.74) is 0.253. The van der Waals surface area contributed by atoms with Gasteiger partial charge in [0.05, 0.1) is 24.8 Å². The summed E-state index contributed by atoms with van der Waals surface area (Å²) in [5, 5.41) is -0.206. The van der Waals surface area contributed by atoms with E-state index in [9.17, 15) is 9.59 Å². The number of carbonyl (C=O) groups excluding carboxylic acids is 1. The van der Waals surface area contributed by atoms with E-state index in [1.54, 1.807) is 24.3 Å². The molecule has 0 radical (unpaired) electrons. The fourth-order valence-electron chi connectivity index (χ4n) is 4.24. The van der Waals surface area contributed by atoms with Crippen LogP contribution in [0, 0.1) is 5.82 Å². The van der Waals surface area contributed by atoms with Gasteiger partial charge in [-0.15, -0.1) is 0 Å². The van der Waals surface area contributed by atoms with Crippen molar-refractivity contribution in [3.05, 3.63) is 58.6 Å². The minimum atomic E-state index is -0.724. The van der Waals surface area contributed by atoms with Crippen molar-refractivity contribution >= 4 is 16.9 Å². The summed E-state index contributed by atoms with van der Waals surface area (Å²) in [7, 11) is 0. The molecule has 0 saturated carbocycles. The van der Waals surface area contributed by atoms with Gasteiger partial charge in [0.25, 0.3) is 0 Å². The average Bonchev–Trinajstić information content (AvgIpc) is 2.93. The second kappa shape index (κ2) is 13.4. The van der Waals surface area contributed by atoms with Gasteiger partial charge in [-0.25, -0.2) is 9.18 Å². The molecule has 1 saturated heterocycles. The number of ether oxygens (including phenoxy) is 4. The van der Waals surface area contributed by atoms with Crippen LogP contribution in [0.1, 0.15) is 52.4 Å². The average molecular weight is 528 g/mol. The molecule has 1 aliphatic rings. The van der Waals surface area contributed by atoms with Gasteiger partial charge in [-0.2, -0.15) is 4.73 Å². The largest absolute Gasteiger partial charge is 0.491 e. The third-order valence-corrected chi connectivity index (χ3v) is 6.10. The van der Waals surface area contributed by atoms with Gasteiger partial charge < -0.3 is 23.8 Å². The van der Waals surface area contributed by atoms with Crippen molar-refractivity contribution in [2.24, 2.45) is 0 Å². The van der Waals surface area contributed by atoms with Crippen LogP contribution in [-0.2, 0) is 14.3 Å². The summed E-state index contributed by atoms with van der Waals surface area (Å²) in [6.45, 7) is 5.61. The number of aromatic nitrogens is 1. The summed E-state index contributed by atoms with van der Waals surface area (Å²) in [4.78, 5) is 31.4. The van der Waals surface area contributed by atoms with E-state index in [1.807, 2.05) is 13.8 Å². The molecule has 0 N–H and O–H groups in total. The number of hydrogen-bond acceptors (Lipinski definition) is 7. The first-order valence-electron chi connectivity index (χ1n) is 13.2. The fraction of sp³-hybridized carbons (Fsp3) is 0.448. The third kappa shape index (κ3) is 6.71. The van der Waals surface area contributed by atoms with Gasteiger partial charge in [0.15, 0.2) is 6.29 Å². The highest BCUT2D eigenvalue weighted by molar-refractivity contribution is 5.89. The van der Waals surface area contributed by atoms with E-state index in [1.165, 1.54) is 18.3 Å². The summed E-state index contributed by atoms with van der Waals surface area (Å²) >= 11 is 0. The van der Waals surface area contributed by atoms with Crippen LogP contribution in [0.15, 0.2) is 47.4 Å². The van der Waals surface area contributed by atoms with Crippen LogP contribution in [0.4, 0.5) is 4.39 Å². The Kier molecular flexibility index (Phi) is 9.73. The lowest BCUT2D eigenvalue weighted by Gasteiger charge is -2.22. The lowest BCUT2D eigenvalue weighted by Crippen LogP contribution is -2.24. The molecule has 3 aromatic rings. The number of carbonyl (C=O) groups is 1. The van der Waals surface area contributed by atoms with Crippen molar-refractivity contribution in [3.8, 4) is 22.6 Å². The Labute approximate surface area is 221 Å². The molecule has 0 bridgehead atoms. The molecule has 1 aromatic heterocycles. The second-order valence-electron chi connectivity index (χ2n) is 9.07. The van der Waals surface area contributed by atoms with Crippen LogP contribution < -0.4 is 19.7 Å². The van der Waals surface area contributed by atoms with Gasteiger partial charge >= 0.3 is 5.97 Å². The highest BCUT2D eigenvalue weighted by Gasteiger charge is 2.21. The number of benzene rings is 2. The molecule has 8 nitrogen and oxygen atoms in total. The Hall–Kier alpha value is -3.43. The van der Waals surface area contributed by atoms with Gasteiger partial charge in [0.2, 0.25) is 5.43 Å². The Balaban J connectivity index is 1.60. The molecule has 1 fully saturated rings. The first kappa shape index (κ1) is 27.6. The van der Waals surface area contributed by atoms with E-state index in [-0.39, 0.29) is 34.9 Å². The number of hydrogen-bond donors (Lipinski definition) is 0. The lowest BCUT2D eigenvalue weighted by atomic mass is 10.0. The SMILES string of the molecule is CCCOc1ccc(F)c2c(=O)c(-c3ccc(OCCOC4CCCCO4)cc3)cn(OC(=O)CCC)c12. The Morgan fingerprint density at radius 2 is 1.84 bits per heavy atom. The molecule has 38 heavy (non-hydrogen) atoms. The van der Waals surface area contributed by atoms with Crippen LogP contribution in [0.3, 0.4) is 0 Å². The zero-order valence-electron chi connectivity index (χ0n) is 21.9. The Morgan fingerprint density at radius 3 is 2.55 bits per heavy atom. The van der Waals surface area contributed by atoms with Crippen molar-refractivity contribution in [2.75, 3.05) is 26.4 Å². The molecule has 1 aliphatic heterocycles. The molecule has 1 atom stereocenters. The second-order valence-corrected chi connectivity index (χ2v) is 9.07. The van der Waals surface area contributed by atoms with Crippen molar-refractivity contribution in [2.45, 2.75) is 58.7 Å². The molecular formula is C29H34FNO7. The predicted molar refractivity (Wildman–Crippen MR) is 141 cm³/mol. The molecule has 0 amide bonds. The van der Waals surface area contributed by atoms with Crippen molar-refractivity contribution in [1.29, 1.82) is 0 Å². The highest BCUT2D eigenvalue weighted by atomic mass is 19.1. The Bertz CT molecular complexity index is 1280. The minimum Gasteiger partial charge on any atom is -0.491 e. The smallest absolute Gasteiger partial charge is 0.332 e. The van der Waals surface area contributed by atoms with Gasteiger partial charge in [0.1, 0.15) is 29.4 Å². The first-order valence-corrected chi connectivity index (χ1v) is 13.2. The monoisotopic (exact) mass is 527 g/mol. The van der Waals surface area contributed by atoms with E-state index >= 15 is 4.39 Å². The van der Waals surface area contributed by atoms with Crippen LogP contribution in [-0.4, -0.2) is 43.4 Å². The van der Waals surface area contributed by atoms with Gasteiger partial charge in [0, 0.05) is 18.6 Å². The molecule has 2 heterocycles. The predicted octanol–water partition coefficient (Wildman–Crippen LogP) is 5.27. The summed E-state index contributed by atoms with van der Waals surface area (Å²) in [5.74, 6) is -0.365. The number of nitrogens with zero attached hydrogens (tertiary/aromatic N) is 1. The maximum Gasteiger partial charge on any atom is 0.332 e. The molecule has 9 heteroatoms. The van der Waals surface area contributed by atoms with Crippen molar-refractivity contribution in [1.82, 2.24) is 4.73 Å². The molecule has 0 spiro atoms. The molecule has 1 unspecified atom stereocenters. The molecular weight excluding hydrogens is 493 g/mol. The van der Waals surface area contributed by atoms with Crippen molar-refractivity contribution < 1.29 is 33.0 Å². The molecule has 204 valence electrons. The van der Waals surface area contributed by atoms with E-state index < -0.39 is 17.2 Å². The highest BCUT2D eigenvalue weighted by Crippen LogP contribution is 2.29. The van der Waals surface area contributed by atoms with Crippen molar-refractivity contribution in [3.63, 3.8) is 0 Å². The van der Waals surface area contributed by atoms with E-state index in [0.29, 0.717) is 44.0 Å². The summed E-state index contributed by atoms with van der Waals surface area (Å²) < 4.78 is 38.9. The third-order valence-electron chi connectivity index (χ3n) is 6.10. The fourth-order valence-corrected chi connectivity index (χ4v) is 4.24. The maximum atomic E-state index is 15.0. The maximum absolute atomic E-state index is 15.0. The van der Waals surface area contributed by atoms with E-state index in [2.05, 4.69) is 0 Å². The quantitative estimate of drug-likeness (QED) is 0.297. The lowest BCUT2D eigenvalue weighted by molar-refractivity contribution is -0.165. The zero-order chi connectivity index (χ0) is 26.9.